The summed E-state index contributed by atoms with van der Waals surface area (Å²) in [5.74, 6) is 2.58. The van der Waals surface area contributed by atoms with Crippen LogP contribution in [0.1, 0.15) is 0 Å². The van der Waals surface area contributed by atoms with Crippen molar-refractivity contribution in [1.82, 2.24) is 9.21 Å². The van der Waals surface area contributed by atoms with E-state index in [-0.39, 0.29) is 0 Å². The highest BCUT2D eigenvalue weighted by Crippen LogP contribution is 2.25. The Morgan fingerprint density at radius 2 is 1.84 bits per heavy atom. The van der Waals surface area contributed by atoms with Crippen LogP contribution in [0.2, 0.25) is 0 Å². The van der Waals surface area contributed by atoms with Gasteiger partial charge >= 0.3 is 0 Å². The van der Waals surface area contributed by atoms with E-state index in [2.05, 4.69) is 26.8 Å². The highest BCUT2D eigenvalue weighted by molar-refractivity contribution is 9.10. The van der Waals surface area contributed by atoms with Gasteiger partial charge in [-0.3, -0.25) is 4.90 Å². The van der Waals surface area contributed by atoms with E-state index in [0.29, 0.717) is 42.1 Å². The third-order valence-electron chi connectivity index (χ3n) is 3.10. The van der Waals surface area contributed by atoms with Crippen LogP contribution in [-0.4, -0.2) is 50.3 Å². The topological polar surface area (TPSA) is 40.6 Å². The van der Waals surface area contributed by atoms with E-state index < -0.39 is 10.0 Å². The maximum Gasteiger partial charge on any atom is 0.244 e. The lowest BCUT2D eigenvalue weighted by Crippen LogP contribution is -2.48. The second kappa shape index (κ2) is 6.06. The molecule has 0 aromatic heterocycles. The molecular formula is C13H15BrN2O2S. The summed E-state index contributed by atoms with van der Waals surface area (Å²) >= 11 is 3.29. The average molecular weight is 343 g/mol. The molecule has 0 spiro atoms. The van der Waals surface area contributed by atoms with Gasteiger partial charge < -0.3 is 0 Å². The fourth-order valence-electron chi connectivity index (χ4n) is 2.05. The fourth-order valence-corrected chi connectivity index (χ4v) is 4.44. The van der Waals surface area contributed by atoms with Gasteiger partial charge in [0.15, 0.2) is 0 Å². The van der Waals surface area contributed by atoms with Gasteiger partial charge in [-0.1, -0.05) is 18.1 Å². The van der Waals surface area contributed by atoms with Crippen molar-refractivity contribution in [3.05, 3.63) is 28.7 Å². The third kappa shape index (κ3) is 3.18. The molecule has 1 aliphatic rings. The molecule has 102 valence electrons. The Bertz CT molecular complexity index is 587. The molecule has 1 fully saturated rings. The highest BCUT2D eigenvalue weighted by Gasteiger charge is 2.29. The Balaban J connectivity index is 2.15. The van der Waals surface area contributed by atoms with E-state index >= 15 is 0 Å². The predicted octanol–water partition coefficient (Wildman–Crippen LogP) is 1.39. The zero-order chi connectivity index (χ0) is 13.9. The van der Waals surface area contributed by atoms with Crippen LogP contribution in [0.4, 0.5) is 0 Å². The Morgan fingerprint density at radius 1 is 1.21 bits per heavy atom. The molecule has 2 rings (SSSR count). The van der Waals surface area contributed by atoms with Crippen molar-refractivity contribution in [2.45, 2.75) is 4.90 Å². The van der Waals surface area contributed by atoms with Crippen LogP contribution in [0.25, 0.3) is 0 Å². The molecule has 0 radical (unpaired) electrons. The number of piperazine rings is 1. The van der Waals surface area contributed by atoms with Gasteiger partial charge in [0, 0.05) is 30.7 Å². The van der Waals surface area contributed by atoms with Gasteiger partial charge in [0.05, 0.1) is 11.4 Å². The number of sulfonamides is 1. The number of nitrogens with zero attached hydrogens (tertiary/aromatic N) is 2. The highest BCUT2D eigenvalue weighted by atomic mass is 79.9. The Labute approximate surface area is 122 Å². The second-order valence-corrected chi connectivity index (χ2v) is 7.08. The van der Waals surface area contributed by atoms with Crippen molar-refractivity contribution in [2.75, 3.05) is 32.7 Å². The molecule has 4 nitrogen and oxygen atoms in total. The van der Waals surface area contributed by atoms with Crippen LogP contribution < -0.4 is 0 Å². The van der Waals surface area contributed by atoms with Gasteiger partial charge in [-0.05, 0) is 28.1 Å². The number of terminal acetylenes is 1. The normalized spacial score (nSPS) is 18.1. The molecular weight excluding hydrogens is 328 g/mol. The van der Waals surface area contributed by atoms with Crippen molar-refractivity contribution in [2.24, 2.45) is 0 Å². The van der Waals surface area contributed by atoms with Crippen LogP contribution in [0.5, 0.6) is 0 Å². The first-order valence-corrected chi connectivity index (χ1v) is 8.19. The summed E-state index contributed by atoms with van der Waals surface area (Å²) in [5.41, 5.74) is 0. The summed E-state index contributed by atoms with van der Waals surface area (Å²) in [4.78, 5) is 2.40. The maximum absolute atomic E-state index is 12.5. The van der Waals surface area contributed by atoms with E-state index in [1.807, 2.05) is 0 Å². The van der Waals surface area contributed by atoms with E-state index in [4.69, 9.17) is 6.42 Å². The molecule has 1 saturated heterocycles. The largest absolute Gasteiger partial charge is 0.290 e. The quantitative estimate of drug-likeness (QED) is 0.779. The van der Waals surface area contributed by atoms with Gasteiger partial charge in [-0.15, -0.1) is 6.42 Å². The zero-order valence-electron chi connectivity index (χ0n) is 10.4. The zero-order valence-corrected chi connectivity index (χ0v) is 12.8. The molecule has 1 heterocycles. The lowest BCUT2D eigenvalue weighted by Gasteiger charge is -2.33. The lowest BCUT2D eigenvalue weighted by atomic mass is 10.3. The second-order valence-electron chi connectivity index (χ2n) is 4.31. The fraction of sp³-hybridized carbons (Fsp3) is 0.385. The van der Waals surface area contributed by atoms with Crippen molar-refractivity contribution < 1.29 is 8.42 Å². The van der Waals surface area contributed by atoms with E-state index in [9.17, 15) is 8.42 Å². The molecule has 0 amide bonds. The smallest absolute Gasteiger partial charge is 0.244 e. The molecule has 0 aliphatic carbocycles. The molecule has 0 bridgehead atoms. The first-order chi connectivity index (χ1) is 9.05. The molecule has 0 N–H and O–H groups in total. The van der Waals surface area contributed by atoms with Crippen molar-refractivity contribution in [3.8, 4) is 12.3 Å². The molecule has 1 aromatic carbocycles. The Kier molecular flexibility index (Phi) is 4.63. The molecule has 0 unspecified atom stereocenters. The predicted molar refractivity (Wildman–Crippen MR) is 78.2 cm³/mol. The van der Waals surface area contributed by atoms with E-state index in [1.165, 1.54) is 4.31 Å². The summed E-state index contributed by atoms with van der Waals surface area (Å²) in [6, 6.07) is 6.88. The van der Waals surface area contributed by atoms with Crippen LogP contribution in [0, 0.1) is 12.3 Å². The SMILES string of the molecule is C#CCN1CCN(S(=O)(=O)c2ccccc2Br)CC1. The minimum absolute atomic E-state index is 0.320. The summed E-state index contributed by atoms with van der Waals surface area (Å²) in [5, 5.41) is 0. The van der Waals surface area contributed by atoms with Crippen LogP contribution in [0.3, 0.4) is 0 Å². The number of rotatable bonds is 3. The number of hydrogen-bond acceptors (Lipinski definition) is 3. The van der Waals surface area contributed by atoms with E-state index in [0.717, 1.165) is 0 Å². The summed E-state index contributed by atoms with van der Waals surface area (Å²) in [6.07, 6.45) is 5.26. The third-order valence-corrected chi connectivity index (χ3v) is 6.01. The minimum atomic E-state index is -3.42. The van der Waals surface area contributed by atoms with Crippen molar-refractivity contribution in [3.63, 3.8) is 0 Å². The molecule has 19 heavy (non-hydrogen) atoms. The Hall–Kier alpha value is -0.870. The minimum Gasteiger partial charge on any atom is -0.290 e. The molecule has 0 saturated carbocycles. The van der Waals surface area contributed by atoms with Crippen molar-refractivity contribution >= 4 is 26.0 Å². The summed E-state index contributed by atoms with van der Waals surface area (Å²) < 4.78 is 27.1. The van der Waals surface area contributed by atoms with Crippen LogP contribution in [-0.2, 0) is 10.0 Å². The molecule has 1 aromatic rings. The summed E-state index contributed by atoms with van der Waals surface area (Å²) in [6.45, 7) is 2.88. The van der Waals surface area contributed by atoms with Gasteiger partial charge in [0.25, 0.3) is 0 Å². The number of benzene rings is 1. The van der Waals surface area contributed by atoms with E-state index in [1.54, 1.807) is 24.3 Å². The van der Waals surface area contributed by atoms with Gasteiger partial charge in [0.2, 0.25) is 10.0 Å². The molecule has 1 aliphatic heterocycles. The number of halogens is 1. The van der Waals surface area contributed by atoms with Crippen molar-refractivity contribution in [1.29, 1.82) is 0 Å². The first-order valence-electron chi connectivity index (χ1n) is 5.96. The van der Waals surface area contributed by atoms with Gasteiger partial charge in [-0.2, -0.15) is 4.31 Å². The molecule has 6 heteroatoms. The lowest BCUT2D eigenvalue weighted by molar-refractivity contribution is 0.207. The van der Waals surface area contributed by atoms with Gasteiger partial charge in [-0.25, -0.2) is 8.42 Å². The first kappa shape index (κ1) is 14.5. The monoisotopic (exact) mass is 342 g/mol. The van der Waals surface area contributed by atoms with Crippen LogP contribution >= 0.6 is 15.9 Å². The summed E-state index contributed by atoms with van der Waals surface area (Å²) in [7, 11) is -3.42. The number of hydrogen-bond donors (Lipinski definition) is 0. The maximum atomic E-state index is 12.5. The van der Waals surface area contributed by atoms with Crippen LogP contribution in [0.15, 0.2) is 33.6 Å². The van der Waals surface area contributed by atoms with Gasteiger partial charge in [0.1, 0.15) is 0 Å². The average Bonchev–Trinajstić information content (AvgIpc) is 2.40. The standard InChI is InChI=1S/C13H15BrN2O2S/c1-2-7-15-8-10-16(11-9-15)19(17,18)13-6-4-3-5-12(13)14/h1,3-6H,7-11H2. The molecule has 0 atom stereocenters. The Morgan fingerprint density at radius 3 is 2.42 bits per heavy atom.